The van der Waals surface area contributed by atoms with E-state index in [1.165, 1.54) is 11.1 Å². The van der Waals surface area contributed by atoms with Gasteiger partial charge in [0.2, 0.25) is 5.95 Å². The average Bonchev–Trinajstić information content (AvgIpc) is 2.72. The van der Waals surface area contributed by atoms with Crippen molar-refractivity contribution in [2.45, 2.75) is 19.9 Å². The third-order valence-corrected chi connectivity index (χ3v) is 4.29. The smallest absolute Gasteiger partial charge is 0.247 e. The first-order valence-electron chi connectivity index (χ1n) is 8.85. The second-order valence-electron chi connectivity index (χ2n) is 6.14. The third kappa shape index (κ3) is 4.75. The van der Waals surface area contributed by atoms with Gasteiger partial charge in [0.15, 0.2) is 5.82 Å². The lowest BCUT2D eigenvalue weighted by atomic mass is 10.2. The van der Waals surface area contributed by atoms with Crippen molar-refractivity contribution in [3.63, 3.8) is 0 Å². The first-order valence-corrected chi connectivity index (χ1v) is 8.85. The van der Waals surface area contributed by atoms with Gasteiger partial charge in [-0.15, -0.1) is 5.10 Å². The van der Waals surface area contributed by atoms with E-state index >= 15 is 0 Å². The zero-order valence-electron chi connectivity index (χ0n) is 15.3. The van der Waals surface area contributed by atoms with Crippen molar-refractivity contribution in [1.29, 1.82) is 0 Å². The van der Waals surface area contributed by atoms with Crippen LogP contribution in [0.25, 0.3) is 0 Å². The molecule has 0 aliphatic rings. The SMILES string of the molecule is CCN(Cc1ccccc1)c1nncc(N(C)CCc2ccncc2)n1. The molecule has 3 aromatic rings. The van der Waals surface area contributed by atoms with Gasteiger partial charge in [0.25, 0.3) is 0 Å². The molecule has 134 valence electrons. The molecular formula is C20H24N6. The van der Waals surface area contributed by atoms with E-state index in [1.54, 1.807) is 6.20 Å². The minimum atomic E-state index is 0.657. The van der Waals surface area contributed by atoms with Crippen molar-refractivity contribution in [3.05, 3.63) is 72.2 Å². The number of rotatable bonds is 8. The summed E-state index contributed by atoms with van der Waals surface area (Å²) in [5.74, 6) is 1.49. The molecule has 2 heterocycles. The Labute approximate surface area is 154 Å². The summed E-state index contributed by atoms with van der Waals surface area (Å²) in [5, 5.41) is 8.40. The highest BCUT2D eigenvalue weighted by Crippen LogP contribution is 2.15. The molecule has 0 bridgehead atoms. The van der Waals surface area contributed by atoms with Crippen molar-refractivity contribution in [1.82, 2.24) is 20.2 Å². The van der Waals surface area contributed by atoms with E-state index < -0.39 is 0 Å². The second-order valence-corrected chi connectivity index (χ2v) is 6.14. The molecular weight excluding hydrogens is 324 g/mol. The summed E-state index contributed by atoms with van der Waals surface area (Å²) in [6, 6.07) is 14.4. The number of hydrogen-bond donors (Lipinski definition) is 0. The highest BCUT2D eigenvalue weighted by molar-refractivity contribution is 5.41. The van der Waals surface area contributed by atoms with Crippen molar-refractivity contribution in [2.24, 2.45) is 0 Å². The van der Waals surface area contributed by atoms with Crippen LogP contribution in [0.5, 0.6) is 0 Å². The zero-order valence-corrected chi connectivity index (χ0v) is 15.3. The van der Waals surface area contributed by atoms with Crippen LogP contribution in [0, 0.1) is 0 Å². The molecule has 0 spiro atoms. The number of aromatic nitrogens is 4. The van der Waals surface area contributed by atoms with Gasteiger partial charge in [-0.3, -0.25) is 4.98 Å². The third-order valence-electron chi connectivity index (χ3n) is 4.29. The lowest BCUT2D eigenvalue weighted by molar-refractivity contribution is 0.758. The molecule has 0 aliphatic carbocycles. The van der Waals surface area contributed by atoms with Gasteiger partial charge >= 0.3 is 0 Å². The Hall–Kier alpha value is -3.02. The fourth-order valence-electron chi connectivity index (χ4n) is 2.69. The van der Waals surface area contributed by atoms with E-state index in [0.29, 0.717) is 5.95 Å². The quantitative estimate of drug-likeness (QED) is 0.624. The topological polar surface area (TPSA) is 58.0 Å². The Balaban J connectivity index is 1.68. The van der Waals surface area contributed by atoms with Crippen LogP contribution in [0.2, 0.25) is 0 Å². The molecule has 0 saturated heterocycles. The van der Waals surface area contributed by atoms with Crippen LogP contribution in [-0.4, -0.2) is 40.3 Å². The number of anilines is 2. The van der Waals surface area contributed by atoms with E-state index in [-0.39, 0.29) is 0 Å². The van der Waals surface area contributed by atoms with Crippen LogP contribution in [-0.2, 0) is 13.0 Å². The van der Waals surface area contributed by atoms with Crippen LogP contribution < -0.4 is 9.80 Å². The van der Waals surface area contributed by atoms with E-state index in [1.807, 2.05) is 49.8 Å². The number of hydrogen-bond acceptors (Lipinski definition) is 6. The summed E-state index contributed by atoms with van der Waals surface area (Å²) in [5.41, 5.74) is 2.49. The van der Waals surface area contributed by atoms with Gasteiger partial charge in [-0.25, -0.2) is 0 Å². The maximum absolute atomic E-state index is 4.72. The second kappa shape index (κ2) is 8.89. The molecule has 0 N–H and O–H groups in total. The molecule has 26 heavy (non-hydrogen) atoms. The number of likely N-dealkylation sites (N-methyl/N-ethyl adjacent to an activating group) is 1. The van der Waals surface area contributed by atoms with Gasteiger partial charge in [-0.05, 0) is 36.6 Å². The van der Waals surface area contributed by atoms with Crippen molar-refractivity contribution in [3.8, 4) is 0 Å². The molecule has 0 unspecified atom stereocenters. The van der Waals surface area contributed by atoms with Crippen LogP contribution in [0.4, 0.5) is 11.8 Å². The maximum Gasteiger partial charge on any atom is 0.247 e. The normalized spacial score (nSPS) is 10.5. The monoisotopic (exact) mass is 348 g/mol. The van der Waals surface area contributed by atoms with Crippen LogP contribution >= 0.6 is 0 Å². The molecule has 0 amide bonds. The highest BCUT2D eigenvalue weighted by atomic mass is 15.3. The average molecular weight is 348 g/mol. The van der Waals surface area contributed by atoms with Gasteiger partial charge in [-0.1, -0.05) is 30.3 Å². The van der Waals surface area contributed by atoms with E-state index in [2.05, 4.69) is 44.0 Å². The summed E-state index contributed by atoms with van der Waals surface area (Å²) >= 11 is 0. The Morgan fingerprint density at radius 2 is 1.73 bits per heavy atom. The molecule has 1 aromatic carbocycles. The molecule has 6 nitrogen and oxygen atoms in total. The minimum Gasteiger partial charge on any atom is -0.358 e. The van der Waals surface area contributed by atoms with Crippen molar-refractivity contribution < 1.29 is 0 Å². The van der Waals surface area contributed by atoms with Gasteiger partial charge in [0.1, 0.15) is 0 Å². The highest BCUT2D eigenvalue weighted by Gasteiger charge is 2.12. The zero-order chi connectivity index (χ0) is 18.2. The van der Waals surface area contributed by atoms with Crippen LogP contribution in [0.15, 0.2) is 61.1 Å². The van der Waals surface area contributed by atoms with E-state index in [9.17, 15) is 0 Å². The first-order chi connectivity index (χ1) is 12.8. The predicted octanol–water partition coefficient (Wildman–Crippen LogP) is 2.97. The first kappa shape index (κ1) is 17.8. The summed E-state index contributed by atoms with van der Waals surface area (Å²) in [6.45, 7) is 4.54. The van der Waals surface area contributed by atoms with Gasteiger partial charge < -0.3 is 9.80 Å². The van der Waals surface area contributed by atoms with Gasteiger partial charge in [0, 0.05) is 39.1 Å². The summed E-state index contributed by atoms with van der Waals surface area (Å²) < 4.78 is 0. The van der Waals surface area contributed by atoms with E-state index in [0.717, 1.165) is 31.9 Å². The fraction of sp³-hybridized carbons (Fsp3) is 0.300. The number of benzene rings is 1. The summed E-state index contributed by atoms with van der Waals surface area (Å²) in [4.78, 5) is 13.0. The standard InChI is InChI=1S/C20H24N6/c1-3-26(16-18-7-5-4-6-8-18)20-23-19(15-22-24-20)25(2)14-11-17-9-12-21-13-10-17/h4-10,12-13,15H,3,11,14,16H2,1-2H3. The number of pyridine rings is 1. The van der Waals surface area contributed by atoms with Crippen molar-refractivity contribution in [2.75, 3.05) is 29.9 Å². The minimum absolute atomic E-state index is 0.657. The van der Waals surface area contributed by atoms with Gasteiger partial charge in [-0.2, -0.15) is 10.1 Å². The Morgan fingerprint density at radius 1 is 0.962 bits per heavy atom. The molecule has 0 radical (unpaired) electrons. The van der Waals surface area contributed by atoms with Crippen molar-refractivity contribution >= 4 is 11.8 Å². The Bertz CT molecular complexity index is 794. The van der Waals surface area contributed by atoms with E-state index in [4.69, 9.17) is 4.98 Å². The Kier molecular flexibility index (Phi) is 6.09. The molecule has 2 aromatic heterocycles. The predicted molar refractivity (Wildman–Crippen MR) is 104 cm³/mol. The molecule has 6 heteroatoms. The molecule has 0 saturated carbocycles. The molecule has 0 aliphatic heterocycles. The molecule has 3 rings (SSSR count). The van der Waals surface area contributed by atoms with Gasteiger partial charge in [0.05, 0.1) is 6.20 Å². The summed E-state index contributed by atoms with van der Waals surface area (Å²) in [7, 11) is 2.03. The van der Waals surface area contributed by atoms with Crippen LogP contribution in [0.1, 0.15) is 18.1 Å². The molecule has 0 fully saturated rings. The fourth-order valence-corrected chi connectivity index (χ4v) is 2.69. The van der Waals surface area contributed by atoms with Crippen LogP contribution in [0.3, 0.4) is 0 Å². The Morgan fingerprint density at radius 3 is 2.46 bits per heavy atom. The molecule has 0 atom stereocenters. The lowest BCUT2D eigenvalue weighted by Gasteiger charge is -2.23. The maximum atomic E-state index is 4.72. The number of nitrogens with zero attached hydrogens (tertiary/aromatic N) is 6. The largest absolute Gasteiger partial charge is 0.358 e. The summed E-state index contributed by atoms with van der Waals surface area (Å²) in [6.07, 6.45) is 6.29. The lowest BCUT2D eigenvalue weighted by Crippen LogP contribution is -2.27.